The normalized spacial score (nSPS) is 13.5. The predicted octanol–water partition coefficient (Wildman–Crippen LogP) is 5.74. The summed E-state index contributed by atoms with van der Waals surface area (Å²) in [7, 11) is 0. The molecule has 0 spiro atoms. The molecule has 0 bridgehead atoms. The maximum atomic E-state index is 15.2. The molecule has 2 aromatic carbocycles. The Morgan fingerprint density at radius 2 is 1.84 bits per heavy atom. The largest absolute Gasteiger partial charge is 0.345 e. The molecular weight excluding hydrogens is 444 g/mol. The average molecular weight is 458 g/mol. The van der Waals surface area contributed by atoms with E-state index in [1.807, 2.05) is 0 Å². The first kappa shape index (κ1) is 20.5. The van der Waals surface area contributed by atoms with E-state index in [0.29, 0.717) is 28.7 Å². The van der Waals surface area contributed by atoms with Crippen LogP contribution in [0, 0.1) is 23.3 Å². The second-order valence-corrected chi connectivity index (χ2v) is 8.20. The number of carbonyl (C=O) groups excluding carboxylic acids is 1. The molecule has 0 unspecified atom stereocenters. The number of nitrogens with zero attached hydrogens (tertiary/aromatic N) is 2. The molecule has 5 nitrogen and oxygen atoms in total. The van der Waals surface area contributed by atoms with Gasteiger partial charge in [-0.3, -0.25) is 4.79 Å². The SMILES string of the molecule is O=C(c1c(F)ccc(NSc2cc(F)ccc2F)c1F)c1c[nH]c2ncnc(C3CC3)c12. The molecule has 0 amide bonds. The number of hydrogen-bond donors (Lipinski definition) is 2. The quantitative estimate of drug-likeness (QED) is 0.219. The van der Waals surface area contributed by atoms with Gasteiger partial charge >= 0.3 is 0 Å². The number of ketones is 1. The Morgan fingerprint density at radius 1 is 1.06 bits per heavy atom. The molecule has 162 valence electrons. The van der Waals surface area contributed by atoms with Crippen LogP contribution in [0.15, 0.2) is 47.8 Å². The summed E-state index contributed by atoms with van der Waals surface area (Å²) in [6, 6.07) is 4.85. The molecule has 0 saturated heterocycles. The van der Waals surface area contributed by atoms with Gasteiger partial charge in [0.15, 0.2) is 5.82 Å². The molecule has 0 radical (unpaired) electrons. The fourth-order valence-corrected chi connectivity index (χ4v) is 4.19. The molecular formula is C22H14F4N4OS. The van der Waals surface area contributed by atoms with Gasteiger partial charge in [0.2, 0.25) is 5.78 Å². The summed E-state index contributed by atoms with van der Waals surface area (Å²) in [5.41, 5.74) is 0.148. The van der Waals surface area contributed by atoms with Crippen LogP contribution in [0.3, 0.4) is 0 Å². The van der Waals surface area contributed by atoms with E-state index >= 15 is 4.39 Å². The van der Waals surface area contributed by atoms with Gasteiger partial charge in [-0.15, -0.1) is 0 Å². The van der Waals surface area contributed by atoms with Gasteiger partial charge in [-0.05, 0) is 55.1 Å². The Bertz CT molecular complexity index is 1370. The van der Waals surface area contributed by atoms with Crippen molar-refractivity contribution in [3.05, 3.63) is 82.9 Å². The third kappa shape index (κ3) is 3.60. The van der Waals surface area contributed by atoms with Gasteiger partial charge < -0.3 is 9.71 Å². The topological polar surface area (TPSA) is 70.7 Å². The first-order valence-electron chi connectivity index (χ1n) is 9.66. The van der Waals surface area contributed by atoms with Crippen LogP contribution >= 0.6 is 11.9 Å². The lowest BCUT2D eigenvalue weighted by Crippen LogP contribution is -2.10. The molecule has 1 aliphatic carbocycles. The molecule has 32 heavy (non-hydrogen) atoms. The van der Waals surface area contributed by atoms with Crippen molar-refractivity contribution in [3.8, 4) is 0 Å². The van der Waals surface area contributed by atoms with Gasteiger partial charge in [0, 0.05) is 12.1 Å². The summed E-state index contributed by atoms with van der Waals surface area (Å²) < 4.78 is 59.5. The van der Waals surface area contributed by atoms with Crippen molar-refractivity contribution in [1.82, 2.24) is 15.0 Å². The Balaban J connectivity index is 1.51. The lowest BCUT2D eigenvalue weighted by Gasteiger charge is -2.11. The first-order chi connectivity index (χ1) is 15.4. The predicted molar refractivity (Wildman–Crippen MR) is 111 cm³/mol. The van der Waals surface area contributed by atoms with E-state index in [1.165, 1.54) is 12.5 Å². The van der Waals surface area contributed by atoms with Crippen molar-refractivity contribution >= 4 is 34.5 Å². The molecule has 1 fully saturated rings. The second kappa shape index (κ2) is 7.94. The van der Waals surface area contributed by atoms with Gasteiger partial charge in [0.25, 0.3) is 0 Å². The summed E-state index contributed by atoms with van der Waals surface area (Å²) >= 11 is 0.604. The Morgan fingerprint density at radius 3 is 2.62 bits per heavy atom. The zero-order valence-electron chi connectivity index (χ0n) is 16.3. The lowest BCUT2D eigenvalue weighted by molar-refractivity contribution is 0.103. The van der Waals surface area contributed by atoms with Crippen LogP contribution in [0.5, 0.6) is 0 Å². The Kier molecular flexibility index (Phi) is 5.09. The molecule has 4 aromatic rings. The monoisotopic (exact) mass is 458 g/mol. The van der Waals surface area contributed by atoms with E-state index in [2.05, 4.69) is 19.7 Å². The van der Waals surface area contributed by atoms with Crippen LogP contribution in [0.4, 0.5) is 23.2 Å². The van der Waals surface area contributed by atoms with Crippen molar-refractivity contribution in [3.63, 3.8) is 0 Å². The number of rotatable bonds is 6. The lowest BCUT2D eigenvalue weighted by atomic mass is 10.00. The third-order valence-corrected chi connectivity index (χ3v) is 6.04. The molecule has 2 heterocycles. The standard InChI is InChI=1S/C22H14F4N4OS/c23-11-3-4-13(24)16(7-11)32-30-15-6-5-14(25)18(19(15)26)21(31)12-8-27-22-17(12)20(10-1-2-10)28-9-29-22/h3-10,30H,1-2H2,(H,27,28,29). The van der Waals surface area contributed by atoms with E-state index < -0.39 is 34.6 Å². The van der Waals surface area contributed by atoms with Gasteiger partial charge in [-0.25, -0.2) is 27.5 Å². The molecule has 2 N–H and O–H groups in total. The fraction of sp³-hybridized carbons (Fsp3) is 0.136. The maximum Gasteiger partial charge on any atom is 0.201 e. The van der Waals surface area contributed by atoms with Crippen LogP contribution in [0.25, 0.3) is 11.0 Å². The zero-order chi connectivity index (χ0) is 22.4. The number of fused-ring (bicyclic) bond motifs is 1. The van der Waals surface area contributed by atoms with Crippen LogP contribution in [0.1, 0.15) is 40.4 Å². The Labute approximate surface area is 183 Å². The number of halogens is 4. The molecule has 1 saturated carbocycles. The highest BCUT2D eigenvalue weighted by molar-refractivity contribution is 8.00. The van der Waals surface area contributed by atoms with Crippen molar-refractivity contribution in [1.29, 1.82) is 0 Å². The van der Waals surface area contributed by atoms with Crippen molar-refractivity contribution in [2.24, 2.45) is 0 Å². The number of hydrogen-bond acceptors (Lipinski definition) is 5. The van der Waals surface area contributed by atoms with E-state index in [1.54, 1.807) is 0 Å². The highest BCUT2D eigenvalue weighted by Gasteiger charge is 2.31. The molecule has 10 heteroatoms. The van der Waals surface area contributed by atoms with Gasteiger partial charge in [-0.1, -0.05) is 0 Å². The number of benzene rings is 2. The average Bonchev–Trinajstić information content (AvgIpc) is 3.53. The van der Waals surface area contributed by atoms with Gasteiger partial charge in [-0.2, -0.15) is 0 Å². The zero-order valence-corrected chi connectivity index (χ0v) is 17.1. The minimum Gasteiger partial charge on any atom is -0.345 e. The number of anilines is 1. The minimum atomic E-state index is -1.14. The minimum absolute atomic E-state index is 0.0706. The molecule has 0 atom stereocenters. The van der Waals surface area contributed by atoms with Crippen LogP contribution in [0.2, 0.25) is 0 Å². The third-order valence-electron chi connectivity index (χ3n) is 5.19. The summed E-state index contributed by atoms with van der Waals surface area (Å²) in [5, 5.41) is 0.452. The number of aromatic nitrogens is 3. The number of carbonyl (C=O) groups is 1. The number of aromatic amines is 1. The van der Waals surface area contributed by atoms with E-state index in [0.717, 1.165) is 43.2 Å². The summed E-state index contributed by atoms with van der Waals surface area (Å²) in [5.74, 6) is -4.25. The fourth-order valence-electron chi connectivity index (χ4n) is 3.47. The van der Waals surface area contributed by atoms with E-state index in [9.17, 15) is 18.0 Å². The van der Waals surface area contributed by atoms with Crippen molar-refractivity contribution in [2.75, 3.05) is 4.72 Å². The molecule has 0 aliphatic heterocycles. The smallest absolute Gasteiger partial charge is 0.201 e. The molecule has 1 aliphatic rings. The van der Waals surface area contributed by atoms with Crippen LogP contribution in [-0.2, 0) is 0 Å². The molecule has 2 aromatic heterocycles. The van der Waals surface area contributed by atoms with E-state index in [-0.39, 0.29) is 22.1 Å². The van der Waals surface area contributed by atoms with Crippen LogP contribution < -0.4 is 4.72 Å². The van der Waals surface area contributed by atoms with Crippen LogP contribution in [-0.4, -0.2) is 20.7 Å². The number of H-pyrrole nitrogens is 1. The summed E-state index contributed by atoms with van der Waals surface area (Å²) in [4.78, 5) is 24.3. The van der Waals surface area contributed by atoms with Crippen molar-refractivity contribution < 1.29 is 22.4 Å². The highest BCUT2D eigenvalue weighted by Crippen LogP contribution is 2.42. The number of nitrogens with one attached hydrogen (secondary N) is 2. The first-order valence-corrected chi connectivity index (χ1v) is 10.5. The second-order valence-electron chi connectivity index (χ2n) is 7.35. The molecule has 5 rings (SSSR count). The summed E-state index contributed by atoms with van der Waals surface area (Å²) in [6.07, 6.45) is 4.58. The maximum absolute atomic E-state index is 15.2. The van der Waals surface area contributed by atoms with Gasteiger partial charge in [0.1, 0.15) is 29.4 Å². The van der Waals surface area contributed by atoms with Gasteiger partial charge in [0.05, 0.1) is 32.8 Å². The Hall–Kier alpha value is -3.40. The highest BCUT2D eigenvalue weighted by atomic mass is 32.2. The van der Waals surface area contributed by atoms with Crippen molar-refractivity contribution in [2.45, 2.75) is 23.7 Å². The van der Waals surface area contributed by atoms with E-state index in [4.69, 9.17) is 0 Å². The summed E-state index contributed by atoms with van der Waals surface area (Å²) in [6.45, 7) is 0.